The number of hydrogen-bond acceptors (Lipinski definition) is 4. The molecule has 1 N–H and O–H groups in total. The lowest BCUT2D eigenvalue weighted by Crippen LogP contribution is -2.38. The zero-order valence-corrected chi connectivity index (χ0v) is 18.9. The highest BCUT2D eigenvalue weighted by molar-refractivity contribution is 5.30. The van der Waals surface area contributed by atoms with Gasteiger partial charge in [-0.1, -0.05) is 55.7 Å². The topological polar surface area (TPSA) is 59.2 Å². The van der Waals surface area contributed by atoms with Crippen molar-refractivity contribution in [2.75, 3.05) is 14.1 Å². The predicted molar refractivity (Wildman–Crippen MR) is 121 cm³/mol. The highest BCUT2D eigenvalue weighted by Crippen LogP contribution is 2.43. The van der Waals surface area contributed by atoms with Gasteiger partial charge in [0.1, 0.15) is 13.1 Å². The van der Waals surface area contributed by atoms with Crippen LogP contribution in [-0.4, -0.2) is 33.7 Å². The van der Waals surface area contributed by atoms with Crippen molar-refractivity contribution in [2.45, 2.75) is 57.7 Å². The number of nitrogens with zero attached hydrogens (tertiary/aromatic N) is 3. The zero-order valence-electron chi connectivity index (χ0n) is 18.9. The molecule has 0 aliphatic heterocycles. The molecule has 1 aliphatic rings. The molecule has 0 spiro atoms. The lowest BCUT2D eigenvalue weighted by Gasteiger charge is -2.36. The first-order chi connectivity index (χ1) is 14.9. The Kier molecular flexibility index (Phi) is 6.26. The van der Waals surface area contributed by atoms with Gasteiger partial charge in [0.05, 0.1) is 26.0 Å². The standard InChI is InChI=1S/C26H34N3O2/c1-20-11-10-16-23(28-20)18-29(2,3)19-24-17-27-25(31-24)26(30,21-12-6-4-7-13-21)22-14-8-5-9-15-22/h4,6-7,10-13,16-17,22,30H,5,8-9,14-15,18-19H2,1-3H3/q+1. The van der Waals surface area contributed by atoms with Crippen molar-refractivity contribution in [3.05, 3.63) is 83.3 Å². The zero-order chi connectivity index (χ0) is 21.9. The summed E-state index contributed by atoms with van der Waals surface area (Å²) in [5.41, 5.74) is 1.77. The minimum Gasteiger partial charge on any atom is -0.436 e. The Labute approximate surface area is 185 Å². The van der Waals surface area contributed by atoms with E-state index < -0.39 is 5.60 Å². The van der Waals surface area contributed by atoms with Gasteiger partial charge in [-0.15, -0.1) is 0 Å². The Morgan fingerprint density at radius 3 is 2.45 bits per heavy atom. The Bertz CT molecular complexity index is 993. The molecule has 2 aromatic heterocycles. The van der Waals surface area contributed by atoms with Crippen molar-refractivity contribution in [2.24, 2.45) is 5.92 Å². The molecule has 1 aromatic carbocycles. The van der Waals surface area contributed by atoms with Crippen molar-refractivity contribution < 1.29 is 14.0 Å². The molecule has 0 bridgehead atoms. The fourth-order valence-corrected chi connectivity index (χ4v) is 4.91. The SMILES string of the molecule is Cc1cccc(C[N+](C)(C)Cc2cnc(C(O)(c3ccccc3)C3CCCCC3)o2)n1. The average Bonchev–Trinajstić information content (AvgIpc) is 3.22. The maximum atomic E-state index is 12.0. The van der Waals surface area contributed by atoms with Gasteiger partial charge in [-0.25, -0.2) is 4.98 Å². The van der Waals surface area contributed by atoms with Crippen LogP contribution in [0, 0.1) is 12.8 Å². The molecule has 0 amide bonds. The van der Waals surface area contributed by atoms with Crippen LogP contribution >= 0.6 is 0 Å². The molecule has 164 valence electrons. The Morgan fingerprint density at radius 1 is 1.00 bits per heavy atom. The van der Waals surface area contributed by atoms with E-state index in [9.17, 15) is 5.11 Å². The molecule has 1 fully saturated rings. The minimum atomic E-state index is -1.19. The molecule has 4 rings (SSSR count). The van der Waals surface area contributed by atoms with Gasteiger partial charge in [-0.2, -0.15) is 0 Å². The molecular weight excluding hydrogens is 386 g/mol. The second-order valence-electron chi connectivity index (χ2n) is 9.62. The van der Waals surface area contributed by atoms with Gasteiger partial charge in [-0.3, -0.25) is 4.98 Å². The summed E-state index contributed by atoms with van der Waals surface area (Å²) in [4.78, 5) is 9.25. The molecule has 3 aromatic rings. The van der Waals surface area contributed by atoms with Crippen LogP contribution in [0.15, 0.2) is 59.1 Å². The smallest absolute Gasteiger partial charge is 0.231 e. The van der Waals surface area contributed by atoms with E-state index in [0.717, 1.165) is 54.9 Å². The summed E-state index contributed by atoms with van der Waals surface area (Å²) >= 11 is 0. The molecule has 1 atom stereocenters. The Morgan fingerprint density at radius 2 is 1.74 bits per heavy atom. The third-order valence-electron chi connectivity index (χ3n) is 6.41. The number of aryl methyl sites for hydroxylation is 1. The van der Waals surface area contributed by atoms with E-state index in [1.807, 2.05) is 49.4 Å². The van der Waals surface area contributed by atoms with Gasteiger partial charge in [0.25, 0.3) is 0 Å². The van der Waals surface area contributed by atoms with Crippen LogP contribution in [0.2, 0.25) is 0 Å². The van der Waals surface area contributed by atoms with E-state index >= 15 is 0 Å². The quantitative estimate of drug-likeness (QED) is 0.548. The molecule has 31 heavy (non-hydrogen) atoms. The highest BCUT2D eigenvalue weighted by Gasteiger charge is 2.44. The van der Waals surface area contributed by atoms with Crippen LogP contribution in [0.25, 0.3) is 0 Å². The first-order valence-electron chi connectivity index (χ1n) is 11.3. The van der Waals surface area contributed by atoms with E-state index in [0.29, 0.717) is 16.9 Å². The third-order valence-corrected chi connectivity index (χ3v) is 6.41. The van der Waals surface area contributed by atoms with E-state index in [1.54, 1.807) is 6.20 Å². The molecule has 0 radical (unpaired) electrons. The summed E-state index contributed by atoms with van der Waals surface area (Å²) in [6.45, 7) is 3.49. The molecule has 5 nitrogen and oxygen atoms in total. The first kappa shape index (κ1) is 21.7. The fraction of sp³-hybridized carbons (Fsp3) is 0.462. The second kappa shape index (κ2) is 8.93. The minimum absolute atomic E-state index is 0.120. The molecule has 2 heterocycles. The molecule has 1 aliphatic carbocycles. The van der Waals surface area contributed by atoms with E-state index in [1.165, 1.54) is 6.42 Å². The lowest BCUT2D eigenvalue weighted by molar-refractivity contribution is -0.918. The number of benzene rings is 1. The Hall–Kier alpha value is -2.50. The summed E-state index contributed by atoms with van der Waals surface area (Å²) < 4.78 is 6.95. The highest BCUT2D eigenvalue weighted by atomic mass is 16.4. The maximum Gasteiger partial charge on any atom is 0.231 e. The molecule has 1 unspecified atom stereocenters. The van der Waals surface area contributed by atoms with Gasteiger partial charge in [0.2, 0.25) is 5.89 Å². The summed E-state index contributed by atoms with van der Waals surface area (Å²) in [7, 11) is 4.33. The fourth-order valence-electron chi connectivity index (χ4n) is 4.91. The summed E-state index contributed by atoms with van der Waals surface area (Å²) in [5, 5.41) is 12.0. The van der Waals surface area contributed by atoms with Crippen LogP contribution < -0.4 is 0 Å². The van der Waals surface area contributed by atoms with Crippen LogP contribution in [0.4, 0.5) is 0 Å². The molecule has 1 saturated carbocycles. The van der Waals surface area contributed by atoms with E-state index in [2.05, 4.69) is 30.1 Å². The largest absolute Gasteiger partial charge is 0.436 e. The van der Waals surface area contributed by atoms with Crippen molar-refractivity contribution in [3.8, 4) is 0 Å². The molecular formula is C26H34N3O2+. The van der Waals surface area contributed by atoms with Crippen molar-refractivity contribution in [1.29, 1.82) is 0 Å². The number of pyridine rings is 1. The number of rotatable bonds is 7. The first-order valence-corrected chi connectivity index (χ1v) is 11.3. The monoisotopic (exact) mass is 420 g/mol. The average molecular weight is 421 g/mol. The van der Waals surface area contributed by atoms with Gasteiger partial charge in [0, 0.05) is 11.6 Å². The Balaban J connectivity index is 1.59. The maximum absolute atomic E-state index is 12.0. The number of aliphatic hydroxyl groups is 1. The van der Waals surface area contributed by atoms with Gasteiger partial charge in [-0.05, 0) is 37.5 Å². The number of oxazole rings is 1. The van der Waals surface area contributed by atoms with Crippen LogP contribution in [-0.2, 0) is 18.7 Å². The van der Waals surface area contributed by atoms with Crippen molar-refractivity contribution in [3.63, 3.8) is 0 Å². The van der Waals surface area contributed by atoms with Crippen LogP contribution in [0.1, 0.15) is 60.7 Å². The van der Waals surface area contributed by atoms with E-state index in [4.69, 9.17) is 4.42 Å². The van der Waals surface area contributed by atoms with Gasteiger partial charge < -0.3 is 14.0 Å². The molecule has 5 heteroatoms. The van der Waals surface area contributed by atoms with Crippen molar-refractivity contribution in [1.82, 2.24) is 9.97 Å². The van der Waals surface area contributed by atoms with Gasteiger partial charge in [0.15, 0.2) is 11.4 Å². The lowest BCUT2D eigenvalue weighted by atomic mass is 9.73. The second-order valence-corrected chi connectivity index (χ2v) is 9.62. The van der Waals surface area contributed by atoms with Crippen LogP contribution in [0.3, 0.4) is 0 Å². The number of hydrogen-bond donors (Lipinski definition) is 1. The van der Waals surface area contributed by atoms with E-state index in [-0.39, 0.29) is 5.92 Å². The summed E-state index contributed by atoms with van der Waals surface area (Å²) in [6, 6.07) is 16.0. The third kappa shape index (κ3) is 4.89. The van der Waals surface area contributed by atoms with Crippen molar-refractivity contribution >= 4 is 0 Å². The molecule has 0 saturated heterocycles. The number of quaternary nitrogens is 1. The summed E-state index contributed by atoms with van der Waals surface area (Å²) in [6.07, 6.45) is 7.28. The summed E-state index contributed by atoms with van der Waals surface area (Å²) in [5.74, 6) is 1.33. The van der Waals surface area contributed by atoms with Crippen LogP contribution in [0.5, 0.6) is 0 Å². The number of aromatic nitrogens is 2. The van der Waals surface area contributed by atoms with Gasteiger partial charge >= 0.3 is 0 Å². The normalized spacial score (nSPS) is 17.4. The predicted octanol–water partition coefficient (Wildman–Crippen LogP) is 4.97.